The van der Waals surface area contributed by atoms with Gasteiger partial charge in [-0.05, 0) is 89.1 Å². The van der Waals surface area contributed by atoms with Gasteiger partial charge in [-0.25, -0.2) is 0 Å². The first kappa shape index (κ1) is 27.9. The molecule has 0 amide bonds. The van der Waals surface area contributed by atoms with E-state index in [4.69, 9.17) is 5.26 Å². The van der Waals surface area contributed by atoms with E-state index in [9.17, 15) is 10.5 Å². The van der Waals surface area contributed by atoms with Gasteiger partial charge in [0.05, 0.1) is 18.2 Å². The quantitative estimate of drug-likeness (QED) is 0.401. The molecule has 0 saturated carbocycles. The second-order valence-electron chi connectivity index (χ2n) is 7.75. The summed E-state index contributed by atoms with van der Waals surface area (Å²) in [6, 6.07) is 12.7. The van der Waals surface area contributed by atoms with E-state index < -0.39 is 0 Å². The molecule has 1 aromatic rings. The van der Waals surface area contributed by atoms with Gasteiger partial charge in [0, 0.05) is 18.2 Å². The predicted molar refractivity (Wildman–Crippen MR) is 132 cm³/mol. The summed E-state index contributed by atoms with van der Waals surface area (Å²) >= 11 is 0. The molecule has 0 aliphatic carbocycles. The summed E-state index contributed by atoms with van der Waals surface area (Å²) in [7, 11) is 0. The maximum atomic E-state index is 9.47. The van der Waals surface area contributed by atoms with Crippen molar-refractivity contribution in [1.29, 1.82) is 15.8 Å². The summed E-state index contributed by atoms with van der Waals surface area (Å²) in [5, 5.41) is 27.9. The average molecular weight is 416 g/mol. The number of nitriles is 3. The van der Waals surface area contributed by atoms with Crippen LogP contribution in [0.5, 0.6) is 0 Å². The third kappa shape index (κ3) is 7.27. The van der Waals surface area contributed by atoms with Crippen LogP contribution < -0.4 is 0 Å². The Kier molecular flexibility index (Phi) is 12.6. The average Bonchev–Trinajstić information content (AvgIpc) is 2.81. The lowest BCUT2D eigenvalue weighted by Gasteiger charge is -2.31. The van der Waals surface area contributed by atoms with Crippen molar-refractivity contribution in [3.63, 3.8) is 0 Å². The third-order valence-corrected chi connectivity index (χ3v) is 6.10. The molecule has 3 heteroatoms. The predicted octanol–water partition coefficient (Wildman–Crippen LogP) is 8.33. The van der Waals surface area contributed by atoms with Gasteiger partial charge in [-0.1, -0.05) is 48.5 Å². The summed E-state index contributed by atoms with van der Waals surface area (Å²) in [5.41, 5.74) is 5.59. The fraction of sp³-hybridized carbons (Fsp3) is 0.464. The molecule has 1 unspecified atom stereocenters. The fourth-order valence-electron chi connectivity index (χ4n) is 3.46. The van der Waals surface area contributed by atoms with Gasteiger partial charge in [0.15, 0.2) is 0 Å². The Balaban J connectivity index is 0.00000436. The molecule has 164 valence electrons. The molecule has 0 fully saturated rings. The Hall–Kier alpha value is -3.09. The summed E-state index contributed by atoms with van der Waals surface area (Å²) in [6.07, 6.45) is 7.55. The summed E-state index contributed by atoms with van der Waals surface area (Å²) < 4.78 is 0. The Labute approximate surface area is 190 Å². The Morgan fingerprint density at radius 2 is 1.35 bits per heavy atom. The van der Waals surface area contributed by atoms with E-state index in [1.807, 2.05) is 26.8 Å². The van der Waals surface area contributed by atoms with E-state index in [0.29, 0.717) is 0 Å². The van der Waals surface area contributed by atoms with Crippen molar-refractivity contribution < 1.29 is 0 Å². The Bertz CT molecular complexity index is 936. The van der Waals surface area contributed by atoms with Crippen molar-refractivity contribution in [2.45, 2.75) is 74.7 Å². The highest BCUT2D eigenvalue weighted by Gasteiger charge is 2.27. The van der Waals surface area contributed by atoms with Crippen LogP contribution >= 0.6 is 0 Å². The molecule has 1 aromatic carbocycles. The van der Waals surface area contributed by atoms with Crippen LogP contribution in [0.25, 0.3) is 16.7 Å². The molecule has 0 N–H and O–H groups in total. The van der Waals surface area contributed by atoms with Crippen molar-refractivity contribution in [2.24, 2.45) is 11.3 Å². The molecule has 3 nitrogen and oxygen atoms in total. The van der Waals surface area contributed by atoms with Crippen LogP contribution in [0.1, 0.15) is 91.3 Å². The van der Waals surface area contributed by atoms with Gasteiger partial charge >= 0.3 is 0 Å². The van der Waals surface area contributed by atoms with Gasteiger partial charge in [-0.2, -0.15) is 15.8 Å². The van der Waals surface area contributed by atoms with Gasteiger partial charge in [-0.3, -0.25) is 0 Å². The van der Waals surface area contributed by atoms with E-state index in [1.165, 1.54) is 6.08 Å². The molecule has 0 heterocycles. The van der Waals surface area contributed by atoms with Crippen LogP contribution in [-0.2, 0) is 0 Å². The van der Waals surface area contributed by atoms with E-state index >= 15 is 0 Å². The standard InChI is InChI=1S/C26H31N3.C2H6/c1-7-19(4)24(11-14-28)22-16-21(20(5)10-13-27)17-23(18-22)25(12-15-29)26(6,8-2)9-3;1-2/h10-12,16-19H,7-9H2,1-6H3;1-2H3/b20-10+,24-11+,25-12-;. The Morgan fingerprint density at radius 3 is 1.81 bits per heavy atom. The van der Waals surface area contributed by atoms with E-state index in [1.54, 1.807) is 12.2 Å². The summed E-state index contributed by atoms with van der Waals surface area (Å²) in [6.45, 7) is 16.6. The highest BCUT2D eigenvalue weighted by molar-refractivity contribution is 5.81. The molecule has 1 rings (SSSR count). The number of hydrogen-bond acceptors (Lipinski definition) is 3. The van der Waals surface area contributed by atoms with Crippen molar-refractivity contribution >= 4 is 16.7 Å². The largest absolute Gasteiger partial charge is 0.193 e. The number of allylic oxidation sites excluding steroid dienone is 6. The van der Waals surface area contributed by atoms with Crippen LogP contribution in [-0.4, -0.2) is 0 Å². The minimum atomic E-state index is -0.131. The zero-order valence-electron chi connectivity index (χ0n) is 20.5. The molecule has 0 aromatic heterocycles. The highest BCUT2D eigenvalue weighted by Crippen LogP contribution is 2.42. The van der Waals surface area contributed by atoms with E-state index in [2.05, 4.69) is 65.0 Å². The van der Waals surface area contributed by atoms with E-state index in [-0.39, 0.29) is 11.3 Å². The highest BCUT2D eigenvalue weighted by atomic mass is 14.3. The Morgan fingerprint density at radius 1 is 0.871 bits per heavy atom. The monoisotopic (exact) mass is 415 g/mol. The maximum Gasteiger partial charge on any atom is 0.0915 e. The lowest BCUT2D eigenvalue weighted by molar-refractivity contribution is 0.414. The topological polar surface area (TPSA) is 71.4 Å². The second kappa shape index (κ2) is 14.0. The maximum absolute atomic E-state index is 9.47. The molecule has 31 heavy (non-hydrogen) atoms. The van der Waals surface area contributed by atoms with Crippen LogP contribution in [0.2, 0.25) is 0 Å². The first-order valence-corrected chi connectivity index (χ1v) is 11.2. The minimum Gasteiger partial charge on any atom is -0.193 e. The number of rotatable bonds is 8. The number of nitrogens with zero attached hydrogens (tertiary/aromatic N) is 3. The first-order valence-electron chi connectivity index (χ1n) is 11.2. The zero-order chi connectivity index (χ0) is 24.0. The molecule has 0 aliphatic heterocycles. The minimum absolute atomic E-state index is 0.131. The van der Waals surface area contributed by atoms with E-state index in [0.717, 1.165) is 52.7 Å². The van der Waals surface area contributed by atoms with Crippen LogP contribution in [0, 0.1) is 45.3 Å². The van der Waals surface area contributed by atoms with Crippen LogP contribution in [0.3, 0.4) is 0 Å². The molecular formula is C28H37N3. The molecule has 0 radical (unpaired) electrons. The number of hydrogen-bond donors (Lipinski definition) is 0. The molecule has 0 aliphatic rings. The molecule has 0 bridgehead atoms. The summed E-state index contributed by atoms with van der Waals surface area (Å²) in [4.78, 5) is 0. The van der Waals surface area contributed by atoms with Crippen molar-refractivity contribution in [2.75, 3.05) is 0 Å². The third-order valence-electron chi connectivity index (χ3n) is 6.10. The molecular weight excluding hydrogens is 378 g/mol. The van der Waals surface area contributed by atoms with Gasteiger partial charge in [-0.15, -0.1) is 0 Å². The van der Waals surface area contributed by atoms with Crippen LogP contribution in [0.15, 0.2) is 36.4 Å². The van der Waals surface area contributed by atoms with Crippen molar-refractivity contribution in [1.82, 2.24) is 0 Å². The first-order chi connectivity index (χ1) is 14.8. The van der Waals surface area contributed by atoms with Crippen LogP contribution in [0.4, 0.5) is 0 Å². The molecule has 0 saturated heterocycles. The summed E-state index contributed by atoms with van der Waals surface area (Å²) in [5.74, 6) is 0.227. The zero-order valence-corrected chi connectivity index (χ0v) is 20.5. The van der Waals surface area contributed by atoms with Gasteiger partial charge in [0.1, 0.15) is 0 Å². The normalized spacial score (nSPS) is 13.3. The smallest absolute Gasteiger partial charge is 0.0915 e. The van der Waals surface area contributed by atoms with Crippen molar-refractivity contribution in [3.05, 3.63) is 53.1 Å². The van der Waals surface area contributed by atoms with Gasteiger partial charge in [0.25, 0.3) is 0 Å². The van der Waals surface area contributed by atoms with Crippen molar-refractivity contribution in [3.8, 4) is 18.2 Å². The lowest BCUT2D eigenvalue weighted by atomic mass is 9.73. The van der Waals surface area contributed by atoms with Gasteiger partial charge < -0.3 is 0 Å². The number of benzene rings is 1. The SMILES string of the molecule is CC.CCC(C)/C(=C\C#N)c1cc(/C(C)=C/C#N)cc(/C(=C/C#N)C(C)(CC)CC)c1. The second-order valence-corrected chi connectivity index (χ2v) is 7.75. The fourth-order valence-corrected chi connectivity index (χ4v) is 3.46. The van der Waals surface area contributed by atoms with Gasteiger partial charge in [0.2, 0.25) is 0 Å². The lowest BCUT2D eigenvalue weighted by Crippen LogP contribution is -2.16. The molecule has 1 atom stereocenters. The molecule has 0 spiro atoms.